The zero-order valence-electron chi connectivity index (χ0n) is 12.7. The standard InChI is InChI=1S/C13H21N5O2S/c1-10(2)18-13(5-6-15-18)21(19,20)16-7-8-17-9-14-11(3)12(17)4/h5-6,9-10,16H,7-8H2,1-4H3. The predicted octanol–water partition coefficient (Wildman–Crippen LogP) is 1.26. The number of imidazole rings is 1. The Morgan fingerprint density at radius 3 is 2.62 bits per heavy atom. The van der Waals surface area contributed by atoms with Crippen molar-refractivity contribution in [3.8, 4) is 0 Å². The van der Waals surface area contributed by atoms with Crippen molar-refractivity contribution in [2.45, 2.75) is 45.3 Å². The molecule has 21 heavy (non-hydrogen) atoms. The minimum absolute atomic E-state index is 0.00915. The fraction of sp³-hybridized carbons (Fsp3) is 0.538. The average molecular weight is 311 g/mol. The second-order valence-electron chi connectivity index (χ2n) is 5.21. The number of nitrogens with zero attached hydrogens (tertiary/aromatic N) is 4. The maximum Gasteiger partial charge on any atom is 0.257 e. The third kappa shape index (κ3) is 3.33. The van der Waals surface area contributed by atoms with E-state index in [2.05, 4.69) is 14.8 Å². The van der Waals surface area contributed by atoms with Crippen LogP contribution in [0.5, 0.6) is 0 Å². The fourth-order valence-corrected chi connectivity index (χ4v) is 3.30. The maximum absolute atomic E-state index is 12.3. The van der Waals surface area contributed by atoms with Gasteiger partial charge in [-0.2, -0.15) is 5.10 Å². The lowest BCUT2D eigenvalue weighted by atomic mass is 10.4. The topological polar surface area (TPSA) is 81.8 Å². The summed E-state index contributed by atoms with van der Waals surface area (Å²) in [5.41, 5.74) is 2.00. The summed E-state index contributed by atoms with van der Waals surface area (Å²) < 4.78 is 30.6. The van der Waals surface area contributed by atoms with Crippen molar-refractivity contribution in [3.05, 3.63) is 30.0 Å². The molecule has 2 rings (SSSR count). The van der Waals surface area contributed by atoms with E-state index in [0.717, 1.165) is 11.4 Å². The first-order valence-corrected chi connectivity index (χ1v) is 8.32. The van der Waals surface area contributed by atoms with Gasteiger partial charge in [0.1, 0.15) is 0 Å². The van der Waals surface area contributed by atoms with E-state index >= 15 is 0 Å². The number of hydrogen-bond donors (Lipinski definition) is 1. The Morgan fingerprint density at radius 1 is 1.33 bits per heavy atom. The molecular weight excluding hydrogens is 290 g/mol. The van der Waals surface area contributed by atoms with Crippen molar-refractivity contribution in [1.82, 2.24) is 24.1 Å². The average Bonchev–Trinajstić information content (AvgIpc) is 3.01. The molecule has 0 bridgehead atoms. The third-order valence-electron chi connectivity index (χ3n) is 3.39. The highest BCUT2D eigenvalue weighted by atomic mass is 32.2. The van der Waals surface area contributed by atoms with Crippen LogP contribution >= 0.6 is 0 Å². The van der Waals surface area contributed by atoms with Crippen molar-refractivity contribution in [2.75, 3.05) is 6.54 Å². The smallest absolute Gasteiger partial charge is 0.257 e. The van der Waals surface area contributed by atoms with Crippen LogP contribution in [0.2, 0.25) is 0 Å². The zero-order valence-corrected chi connectivity index (χ0v) is 13.6. The van der Waals surface area contributed by atoms with E-state index in [0.29, 0.717) is 13.1 Å². The Morgan fingerprint density at radius 2 is 2.05 bits per heavy atom. The van der Waals surface area contributed by atoms with E-state index in [1.807, 2.05) is 32.3 Å². The van der Waals surface area contributed by atoms with Gasteiger partial charge in [0.2, 0.25) is 0 Å². The van der Waals surface area contributed by atoms with Crippen LogP contribution in [0.1, 0.15) is 31.3 Å². The quantitative estimate of drug-likeness (QED) is 0.870. The molecule has 2 aromatic heterocycles. The van der Waals surface area contributed by atoms with Crippen molar-refractivity contribution in [3.63, 3.8) is 0 Å². The summed E-state index contributed by atoms with van der Waals surface area (Å²) in [5, 5.41) is 4.24. The molecule has 0 atom stereocenters. The monoisotopic (exact) mass is 311 g/mol. The van der Waals surface area contributed by atoms with Crippen LogP contribution in [0, 0.1) is 13.8 Å². The lowest BCUT2D eigenvalue weighted by Gasteiger charge is -2.12. The molecule has 0 aromatic carbocycles. The number of hydrogen-bond acceptors (Lipinski definition) is 4. The zero-order chi connectivity index (χ0) is 15.6. The first kappa shape index (κ1) is 15.7. The van der Waals surface area contributed by atoms with Crippen molar-refractivity contribution >= 4 is 10.0 Å². The van der Waals surface area contributed by atoms with Crippen molar-refractivity contribution in [2.24, 2.45) is 0 Å². The van der Waals surface area contributed by atoms with E-state index < -0.39 is 10.0 Å². The first-order valence-electron chi connectivity index (χ1n) is 6.84. The maximum atomic E-state index is 12.3. The Labute approximate surface area is 125 Å². The minimum Gasteiger partial charge on any atom is -0.333 e. The first-order chi connectivity index (χ1) is 9.83. The molecule has 0 aliphatic heterocycles. The van der Waals surface area contributed by atoms with E-state index in [4.69, 9.17) is 0 Å². The van der Waals surface area contributed by atoms with Crippen molar-refractivity contribution < 1.29 is 8.42 Å². The highest BCUT2D eigenvalue weighted by Gasteiger charge is 2.20. The summed E-state index contributed by atoms with van der Waals surface area (Å²) in [6, 6.07) is 1.50. The number of rotatable bonds is 6. The summed E-state index contributed by atoms with van der Waals surface area (Å²) in [6.07, 6.45) is 3.22. The van der Waals surface area contributed by atoms with Gasteiger partial charge in [-0.25, -0.2) is 18.1 Å². The van der Waals surface area contributed by atoms with Gasteiger partial charge >= 0.3 is 0 Å². The van der Waals surface area contributed by atoms with E-state index in [9.17, 15) is 8.42 Å². The van der Waals surface area contributed by atoms with Gasteiger partial charge in [-0.05, 0) is 33.8 Å². The molecule has 0 spiro atoms. The molecule has 0 fully saturated rings. The molecule has 0 saturated heterocycles. The summed E-state index contributed by atoms with van der Waals surface area (Å²) in [5.74, 6) is 0. The molecule has 2 aromatic rings. The Hall–Kier alpha value is -1.67. The molecule has 0 saturated carbocycles. The molecule has 0 unspecified atom stereocenters. The van der Waals surface area contributed by atoms with Crippen LogP contribution in [0.15, 0.2) is 23.6 Å². The van der Waals surface area contributed by atoms with Gasteiger partial charge < -0.3 is 4.57 Å². The molecule has 116 valence electrons. The molecule has 0 amide bonds. The number of nitrogens with one attached hydrogen (secondary N) is 1. The van der Waals surface area contributed by atoms with Gasteiger partial charge in [-0.1, -0.05) is 0 Å². The minimum atomic E-state index is -3.55. The van der Waals surface area contributed by atoms with E-state index in [1.165, 1.54) is 16.9 Å². The number of aromatic nitrogens is 4. The van der Waals surface area contributed by atoms with Crippen LogP contribution < -0.4 is 4.72 Å². The van der Waals surface area contributed by atoms with Crippen LogP contribution in [-0.2, 0) is 16.6 Å². The highest BCUT2D eigenvalue weighted by Crippen LogP contribution is 2.13. The third-order valence-corrected chi connectivity index (χ3v) is 4.85. The van der Waals surface area contributed by atoms with Gasteiger partial charge in [-0.15, -0.1) is 0 Å². The van der Waals surface area contributed by atoms with Crippen LogP contribution in [0.4, 0.5) is 0 Å². The summed E-state index contributed by atoms with van der Waals surface area (Å²) in [7, 11) is -3.55. The summed E-state index contributed by atoms with van der Waals surface area (Å²) in [4.78, 5) is 4.19. The van der Waals surface area contributed by atoms with Gasteiger partial charge in [0, 0.05) is 24.8 Å². The lowest BCUT2D eigenvalue weighted by Crippen LogP contribution is -2.29. The largest absolute Gasteiger partial charge is 0.333 e. The molecule has 2 heterocycles. The SMILES string of the molecule is Cc1ncn(CCNS(=O)(=O)c2ccnn2C(C)C)c1C. The molecule has 0 aliphatic carbocycles. The van der Waals surface area contributed by atoms with Gasteiger partial charge in [0.25, 0.3) is 10.0 Å². The van der Waals surface area contributed by atoms with Crippen LogP contribution in [-0.4, -0.2) is 34.3 Å². The van der Waals surface area contributed by atoms with E-state index in [-0.39, 0.29) is 11.1 Å². The highest BCUT2D eigenvalue weighted by molar-refractivity contribution is 7.89. The van der Waals surface area contributed by atoms with Crippen LogP contribution in [0.3, 0.4) is 0 Å². The number of aryl methyl sites for hydroxylation is 1. The molecule has 8 heteroatoms. The molecular formula is C13H21N5O2S. The van der Waals surface area contributed by atoms with Crippen LogP contribution in [0.25, 0.3) is 0 Å². The normalized spacial score (nSPS) is 12.2. The summed E-state index contributed by atoms with van der Waals surface area (Å²) in [6.45, 7) is 8.53. The van der Waals surface area contributed by atoms with Gasteiger partial charge in [-0.3, -0.25) is 4.68 Å². The number of sulfonamides is 1. The Kier molecular flexibility index (Phi) is 4.48. The fourth-order valence-electron chi connectivity index (χ4n) is 2.05. The lowest BCUT2D eigenvalue weighted by molar-refractivity contribution is 0.474. The van der Waals surface area contributed by atoms with Gasteiger partial charge in [0.15, 0.2) is 5.03 Å². The summed E-state index contributed by atoms with van der Waals surface area (Å²) >= 11 is 0. The molecule has 7 nitrogen and oxygen atoms in total. The van der Waals surface area contributed by atoms with Crippen molar-refractivity contribution in [1.29, 1.82) is 0 Å². The second-order valence-corrected chi connectivity index (χ2v) is 6.93. The predicted molar refractivity (Wildman–Crippen MR) is 79.5 cm³/mol. The van der Waals surface area contributed by atoms with E-state index in [1.54, 1.807) is 6.33 Å². The Bertz CT molecular complexity index is 715. The molecule has 0 radical (unpaired) electrons. The Balaban J connectivity index is 2.05. The molecule has 1 N–H and O–H groups in total. The molecule has 0 aliphatic rings. The second kappa shape index (κ2) is 5.98. The van der Waals surface area contributed by atoms with Gasteiger partial charge in [0.05, 0.1) is 18.2 Å².